The second-order valence-corrected chi connectivity index (χ2v) is 6.18. The molecule has 0 aromatic heterocycles. The molecule has 0 heterocycles. The molecule has 0 saturated heterocycles. The molecule has 0 saturated carbocycles. The number of primary sulfonamides is 1. The van der Waals surface area contributed by atoms with Gasteiger partial charge in [0.15, 0.2) is 0 Å². The largest absolute Gasteiger partial charge is 0.316 e. The Hall–Kier alpha value is -1.51. The fourth-order valence-electron chi connectivity index (χ4n) is 2.27. The van der Waals surface area contributed by atoms with Crippen molar-refractivity contribution in [2.75, 3.05) is 7.05 Å². The maximum atomic E-state index is 11.3. The van der Waals surface area contributed by atoms with Crippen LogP contribution in [-0.4, -0.2) is 26.4 Å². The van der Waals surface area contributed by atoms with E-state index in [2.05, 4.69) is 5.32 Å². The minimum atomic E-state index is -3.95. The van der Waals surface area contributed by atoms with E-state index in [0.717, 1.165) is 12.5 Å². The summed E-state index contributed by atoms with van der Waals surface area (Å²) in [5.41, 5.74) is 0.265. The molecule has 112 valence electrons. The van der Waals surface area contributed by atoms with Gasteiger partial charge in [0.2, 0.25) is 10.0 Å². The van der Waals surface area contributed by atoms with Gasteiger partial charge in [-0.15, -0.1) is 0 Å². The number of nitrogens with zero attached hydrogens (tertiary/aromatic N) is 1. The number of benzene rings is 1. The summed E-state index contributed by atoms with van der Waals surface area (Å²) in [6.07, 6.45) is 0.797. The van der Waals surface area contributed by atoms with E-state index in [9.17, 15) is 18.5 Å². The molecule has 2 atom stereocenters. The molecule has 0 bridgehead atoms. The number of nitro groups is 1. The van der Waals surface area contributed by atoms with Gasteiger partial charge in [-0.05, 0) is 19.5 Å². The van der Waals surface area contributed by atoms with E-state index < -0.39 is 14.9 Å². The van der Waals surface area contributed by atoms with Gasteiger partial charge in [0.25, 0.3) is 5.69 Å². The van der Waals surface area contributed by atoms with Crippen molar-refractivity contribution >= 4 is 15.7 Å². The first-order valence-corrected chi connectivity index (χ1v) is 7.75. The minimum absolute atomic E-state index is 0.0639. The zero-order valence-electron chi connectivity index (χ0n) is 11.7. The maximum Gasteiger partial charge on any atom is 0.274 e. The first kappa shape index (κ1) is 16.5. The van der Waals surface area contributed by atoms with Crippen molar-refractivity contribution in [2.24, 2.45) is 5.14 Å². The predicted octanol–water partition coefficient (Wildman–Crippen LogP) is 1.34. The number of nitrogens with one attached hydrogen (secondary N) is 1. The van der Waals surface area contributed by atoms with Gasteiger partial charge in [-0.3, -0.25) is 10.1 Å². The summed E-state index contributed by atoms with van der Waals surface area (Å²) in [5.74, 6) is -0.125. The molecule has 0 radical (unpaired) electrons. The number of hydrogen-bond acceptors (Lipinski definition) is 5. The third kappa shape index (κ3) is 3.53. The highest BCUT2D eigenvalue weighted by atomic mass is 32.2. The van der Waals surface area contributed by atoms with Crippen LogP contribution in [-0.2, 0) is 10.0 Å². The molecule has 0 aliphatic heterocycles. The van der Waals surface area contributed by atoms with Crippen LogP contribution >= 0.6 is 0 Å². The monoisotopic (exact) mass is 301 g/mol. The highest BCUT2D eigenvalue weighted by Gasteiger charge is 2.25. The Balaban J connectivity index is 3.38. The quantitative estimate of drug-likeness (QED) is 0.607. The summed E-state index contributed by atoms with van der Waals surface area (Å²) >= 11 is 0. The zero-order valence-corrected chi connectivity index (χ0v) is 12.5. The van der Waals surface area contributed by atoms with Gasteiger partial charge in [-0.2, -0.15) is 0 Å². The number of nitrogens with two attached hydrogens (primary N) is 1. The van der Waals surface area contributed by atoms with Crippen molar-refractivity contribution in [2.45, 2.75) is 37.1 Å². The lowest BCUT2D eigenvalue weighted by atomic mass is 9.90. The molecule has 0 spiro atoms. The van der Waals surface area contributed by atoms with Crippen molar-refractivity contribution in [3.8, 4) is 0 Å². The van der Waals surface area contributed by atoms with Crippen molar-refractivity contribution in [3.05, 3.63) is 33.9 Å². The number of rotatable bonds is 6. The molecular weight excluding hydrogens is 282 g/mol. The number of hydrogen-bond donors (Lipinski definition) is 2. The summed E-state index contributed by atoms with van der Waals surface area (Å²) in [6, 6.07) is 3.84. The Kier molecular flexibility index (Phi) is 5.21. The summed E-state index contributed by atoms with van der Waals surface area (Å²) in [4.78, 5) is 10.3. The van der Waals surface area contributed by atoms with Gasteiger partial charge >= 0.3 is 0 Å². The van der Waals surface area contributed by atoms with Crippen LogP contribution in [0.5, 0.6) is 0 Å². The molecule has 0 fully saturated rings. The highest BCUT2D eigenvalue weighted by molar-refractivity contribution is 7.89. The second kappa shape index (κ2) is 6.29. The summed E-state index contributed by atoms with van der Waals surface area (Å²) < 4.78 is 22.6. The van der Waals surface area contributed by atoms with E-state index in [4.69, 9.17) is 5.14 Å². The predicted molar refractivity (Wildman–Crippen MR) is 76.0 cm³/mol. The lowest BCUT2D eigenvalue weighted by molar-refractivity contribution is -0.386. The Labute approximate surface area is 118 Å². The average Bonchev–Trinajstić information content (AvgIpc) is 2.38. The first-order chi connectivity index (χ1) is 9.22. The fourth-order valence-corrected chi connectivity index (χ4v) is 2.80. The van der Waals surface area contributed by atoms with Crippen LogP contribution in [0.2, 0.25) is 0 Å². The fraction of sp³-hybridized carbons (Fsp3) is 0.500. The smallest absolute Gasteiger partial charge is 0.274 e. The van der Waals surface area contributed by atoms with E-state index in [1.807, 2.05) is 13.8 Å². The van der Waals surface area contributed by atoms with Crippen LogP contribution < -0.4 is 10.5 Å². The third-order valence-electron chi connectivity index (χ3n) is 3.43. The van der Waals surface area contributed by atoms with Gasteiger partial charge < -0.3 is 5.32 Å². The lowest BCUT2D eigenvalue weighted by Gasteiger charge is -2.22. The van der Waals surface area contributed by atoms with Crippen LogP contribution in [0.15, 0.2) is 23.1 Å². The molecule has 20 heavy (non-hydrogen) atoms. The average molecular weight is 301 g/mol. The number of likely N-dealkylation sites (N-methyl/N-ethyl adjacent to an activating group) is 1. The van der Waals surface area contributed by atoms with Gasteiger partial charge in [-0.1, -0.05) is 19.9 Å². The SMILES string of the molecule is CCC(NC)C(C)c1ccc(S(N)(=O)=O)cc1[N+](=O)[O-]. The molecule has 0 aliphatic carbocycles. The number of nitro benzene ring substituents is 1. The summed E-state index contributed by atoms with van der Waals surface area (Å²) in [6.45, 7) is 3.84. The maximum absolute atomic E-state index is 11.3. The highest BCUT2D eigenvalue weighted by Crippen LogP contribution is 2.31. The van der Waals surface area contributed by atoms with E-state index in [1.54, 1.807) is 7.05 Å². The van der Waals surface area contributed by atoms with Gasteiger partial charge in [0, 0.05) is 23.6 Å². The van der Waals surface area contributed by atoms with Crippen LogP contribution in [0.25, 0.3) is 0 Å². The standard InChI is InChI=1S/C12H19N3O4S/c1-4-11(14-3)8(2)10-6-5-9(20(13,18)19)7-12(10)15(16)17/h5-8,11,14H,4H2,1-3H3,(H2,13,18,19). The van der Waals surface area contributed by atoms with Crippen LogP contribution in [0.3, 0.4) is 0 Å². The van der Waals surface area contributed by atoms with Crippen LogP contribution in [0, 0.1) is 10.1 Å². The Morgan fingerprint density at radius 1 is 1.45 bits per heavy atom. The van der Waals surface area contributed by atoms with E-state index >= 15 is 0 Å². The normalized spacial score (nSPS) is 14.8. The van der Waals surface area contributed by atoms with Gasteiger partial charge in [0.1, 0.15) is 0 Å². The van der Waals surface area contributed by atoms with Crippen LogP contribution in [0.1, 0.15) is 31.7 Å². The molecule has 2 unspecified atom stereocenters. The number of sulfonamides is 1. The first-order valence-electron chi connectivity index (χ1n) is 6.20. The van der Waals surface area contributed by atoms with E-state index in [0.29, 0.717) is 5.56 Å². The molecule has 1 aromatic carbocycles. The molecule has 0 aliphatic rings. The molecule has 7 nitrogen and oxygen atoms in total. The molecule has 8 heteroatoms. The molecular formula is C12H19N3O4S. The van der Waals surface area contributed by atoms with E-state index in [1.165, 1.54) is 12.1 Å². The van der Waals surface area contributed by atoms with Gasteiger partial charge in [-0.25, -0.2) is 13.6 Å². The lowest BCUT2D eigenvalue weighted by Crippen LogP contribution is -2.30. The third-order valence-corrected chi connectivity index (χ3v) is 4.34. The Morgan fingerprint density at radius 2 is 2.05 bits per heavy atom. The molecule has 1 aromatic rings. The summed E-state index contributed by atoms with van der Waals surface area (Å²) in [5, 5.41) is 19.3. The van der Waals surface area contributed by atoms with Crippen molar-refractivity contribution in [1.29, 1.82) is 0 Å². The van der Waals surface area contributed by atoms with Crippen molar-refractivity contribution in [3.63, 3.8) is 0 Å². The Morgan fingerprint density at radius 3 is 2.45 bits per heavy atom. The van der Waals surface area contributed by atoms with Gasteiger partial charge in [0.05, 0.1) is 9.82 Å². The van der Waals surface area contributed by atoms with E-state index in [-0.39, 0.29) is 22.5 Å². The molecule has 3 N–H and O–H groups in total. The minimum Gasteiger partial charge on any atom is -0.316 e. The topological polar surface area (TPSA) is 115 Å². The summed E-state index contributed by atoms with van der Waals surface area (Å²) in [7, 11) is -2.17. The van der Waals surface area contributed by atoms with Crippen LogP contribution in [0.4, 0.5) is 5.69 Å². The van der Waals surface area contributed by atoms with Crippen molar-refractivity contribution in [1.82, 2.24) is 5.32 Å². The second-order valence-electron chi connectivity index (χ2n) is 4.61. The molecule has 1 rings (SSSR count). The molecule has 0 amide bonds. The van der Waals surface area contributed by atoms with Crippen molar-refractivity contribution < 1.29 is 13.3 Å². The Bertz CT molecular complexity index is 597. The zero-order chi connectivity index (χ0) is 15.5.